The van der Waals surface area contributed by atoms with E-state index in [9.17, 15) is 28.8 Å². The molecule has 2 bridgehead atoms. The van der Waals surface area contributed by atoms with E-state index < -0.39 is 96.9 Å². The van der Waals surface area contributed by atoms with E-state index in [2.05, 4.69) is 66.8 Å². The molecule has 8 rings (SSSR count). The molecule has 4 aromatic heterocycles. The fourth-order valence-corrected chi connectivity index (χ4v) is 11.9. The summed E-state index contributed by atoms with van der Waals surface area (Å²) in [6, 6.07) is 0. The number of hydrogen-bond acceptors (Lipinski definition) is 18. The van der Waals surface area contributed by atoms with Crippen molar-refractivity contribution in [3.8, 4) is 0 Å². The summed E-state index contributed by atoms with van der Waals surface area (Å²) in [4.78, 5) is 61.1. The van der Waals surface area contributed by atoms with Crippen LogP contribution in [0.1, 0.15) is 86.8 Å². The van der Waals surface area contributed by atoms with Gasteiger partial charge in [-0.1, -0.05) is 20.8 Å². The van der Waals surface area contributed by atoms with Crippen LogP contribution in [-0.4, -0.2) is 149 Å². The number of alkyl halides is 1. The zero-order valence-electron chi connectivity index (χ0n) is 42.9. The number of aliphatic hydroxyl groups is 1. The molecule has 4 aliphatic rings. The summed E-state index contributed by atoms with van der Waals surface area (Å²) in [5.74, 6) is 0.549. The van der Waals surface area contributed by atoms with Crippen molar-refractivity contribution >= 4 is 52.0 Å². The molecule has 10 atom stereocenters. The summed E-state index contributed by atoms with van der Waals surface area (Å²) in [5, 5.41) is 12.8. The molecule has 0 saturated carbocycles. The van der Waals surface area contributed by atoms with Crippen LogP contribution in [0.15, 0.2) is 30.0 Å². The number of quaternary nitrogens is 2. The molecule has 4 aliphatic heterocycles. The number of nitrogens with zero attached hydrogens (tertiary/aromatic N) is 7. The van der Waals surface area contributed by atoms with Crippen LogP contribution < -0.4 is 30.5 Å². The summed E-state index contributed by atoms with van der Waals surface area (Å²) in [5.41, 5.74) is 0.388. The summed E-state index contributed by atoms with van der Waals surface area (Å²) < 4.78 is 88.6. The fourth-order valence-electron chi connectivity index (χ4n) is 8.77. The Morgan fingerprint density at radius 3 is 2.01 bits per heavy atom. The van der Waals surface area contributed by atoms with Crippen LogP contribution in [0, 0.1) is 0 Å². The van der Waals surface area contributed by atoms with Gasteiger partial charge in [-0.15, -0.1) is 0 Å². The molecule has 0 radical (unpaired) electrons. The van der Waals surface area contributed by atoms with Crippen LogP contribution in [0.5, 0.6) is 0 Å². The van der Waals surface area contributed by atoms with Gasteiger partial charge < -0.3 is 66.6 Å². The number of rotatable bonds is 12. The second-order valence-corrected chi connectivity index (χ2v) is 27.0. The molecule has 0 aliphatic carbocycles. The maximum absolute atomic E-state index is 16.6. The van der Waals surface area contributed by atoms with Crippen molar-refractivity contribution in [3.63, 3.8) is 0 Å². The molecule has 27 heteroatoms. The first-order valence-electron chi connectivity index (χ1n) is 24.8. The average Bonchev–Trinajstić information content (AvgIpc) is 4.04. The number of ether oxygens (including phenoxy) is 2. The Balaban J connectivity index is 0.000000517. The third kappa shape index (κ3) is 13.1. The molecule has 71 heavy (non-hydrogen) atoms. The molecule has 3 saturated heterocycles. The van der Waals surface area contributed by atoms with Crippen molar-refractivity contribution in [1.29, 1.82) is 0 Å². The second kappa shape index (κ2) is 24.1. The van der Waals surface area contributed by atoms with Crippen molar-refractivity contribution in [1.82, 2.24) is 33.6 Å². The van der Waals surface area contributed by atoms with E-state index in [0.717, 1.165) is 16.6 Å². The number of hydrogen-bond donors (Lipinski definition) is 4. The molecule has 3 fully saturated rings. The Morgan fingerprint density at radius 2 is 1.44 bits per heavy atom. The molecule has 0 amide bonds. The number of aliphatic hydroxyl groups excluding tert-OH is 1. The van der Waals surface area contributed by atoms with Gasteiger partial charge in [0.1, 0.15) is 54.6 Å². The number of aromatic nitrogens is 7. The summed E-state index contributed by atoms with van der Waals surface area (Å²) in [6.45, 7) is 29.1. The predicted molar refractivity (Wildman–Crippen MR) is 260 cm³/mol. The number of phosphoric ester groups is 2. The number of nitrogens with one attached hydrogen (secondary N) is 3. The highest BCUT2D eigenvalue weighted by Crippen LogP contribution is 2.53. The van der Waals surface area contributed by atoms with Crippen LogP contribution in [-0.2, 0) is 54.1 Å². The Bertz CT molecular complexity index is 2520. The van der Waals surface area contributed by atoms with Crippen molar-refractivity contribution in [3.05, 3.63) is 41.1 Å². The predicted octanol–water partition coefficient (Wildman–Crippen LogP) is 1.53. The lowest BCUT2D eigenvalue weighted by atomic mass is 10.1. The van der Waals surface area contributed by atoms with Gasteiger partial charge in [-0.2, -0.15) is 0 Å². The summed E-state index contributed by atoms with van der Waals surface area (Å²) >= 11 is 0. The molecule has 400 valence electrons. The largest absolute Gasteiger partial charge is 0.756 e. The normalized spacial score (nSPS) is 29.3. The maximum Gasteiger partial charge on any atom is 0.281 e. The van der Waals surface area contributed by atoms with Crippen LogP contribution in [0.25, 0.3) is 22.2 Å². The Morgan fingerprint density at radius 1 is 0.845 bits per heavy atom. The number of phosphoric acid groups is 2. The van der Waals surface area contributed by atoms with Crippen molar-refractivity contribution in [2.45, 2.75) is 149 Å². The van der Waals surface area contributed by atoms with Crippen LogP contribution in [0.4, 0.5) is 10.2 Å². The first-order valence-corrected chi connectivity index (χ1v) is 30.6. The monoisotopic (exact) mass is 1060 g/mol. The maximum atomic E-state index is 16.6. The van der Waals surface area contributed by atoms with E-state index in [0.29, 0.717) is 29.8 Å². The molecular weight excluding hydrogens is 986 g/mol. The molecule has 0 spiro atoms. The minimum absolute atomic E-state index is 0.0249. The first kappa shape index (κ1) is 57.2. The van der Waals surface area contributed by atoms with E-state index in [-0.39, 0.29) is 24.3 Å². The lowest BCUT2D eigenvalue weighted by Gasteiger charge is -2.41. The third-order valence-corrected chi connectivity index (χ3v) is 20.5. The number of aryl methyl sites for hydroxylation is 1. The lowest BCUT2D eigenvalue weighted by molar-refractivity contribution is -0.894. The molecule has 23 nitrogen and oxygen atoms in total. The Hall–Kier alpha value is -3.10. The standard InChI is InChI=1S/C32H45FN8O13P2Si.2C6H15N/c1-32(2,3)57(4,5)54-24-19-13-49-55(44,45)52-23-18(50-30(21(23)33)40-11-17-7-6-8-34-26-20(17)27(40)36-14-35-26)12-48-56(46,47)53-25(24)31(51-19)41-16-37-22-28(41)38-15-39(9-10-42)29(22)43;2*1-4-7(5-2)6-3/h11,14-16,18-19,21,23-25,30-31,42H,6-10,12-13H2,1-5H3,(H,44,45)(H,46,47)(H,34,35,36);2*4-6H2,1-3H3/t18-,19-,21-,23-,24-,25-,30-,31-;;/m1../s1. The number of fused-ring (bicyclic) bond motifs is 4. The summed E-state index contributed by atoms with van der Waals surface area (Å²) in [7, 11) is -13.7. The highest BCUT2D eigenvalue weighted by Gasteiger charge is 2.55. The van der Waals surface area contributed by atoms with Gasteiger partial charge in [-0.3, -0.25) is 23.1 Å². The average molecular weight is 1060 g/mol. The SMILES string of the molecule is CC(C)(C)[Si](C)(C)O[C@H]1[C@H]2OP(=O)([O-])OC[C@H]3O[C@@H](n4cc5c6c(ncnc64)NCCC5)[C@H](F)[C@@H]3OP(=O)([O-])OC[C@H]1O[C@H]2n1cnc2c(=O)n(CCO)cnc21.CC[NH+](CC)CC.CC[NH+](CC)CC. The van der Waals surface area contributed by atoms with Crippen molar-refractivity contribution in [2.24, 2.45) is 0 Å². The number of imidazole rings is 1. The van der Waals surface area contributed by atoms with E-state index in [4.69, 9.17) is 32.0 Å². The molecule has 0 aromatic carbocycles. The summed E-state index contributed by atoms with van der Waals surface area (Å²) in [6.07, 6.45) is -6.22. The highest BCUT2D eigenvalue weighted by atomic mass is 31.2. The fraction of sp³-hybridized carbons (Fsp3) is 0.750. The minimum Gasteiger partial charge on any atom is -0.756 e. The van der Waals surface area contributed by atoms with Gasteiger partial charge >= 0.3 is 0 Å². The smallest absolute Gasteiger partial charge is 0.281 e. The lowest BCUT2D eigenvalue weighted by Crippen LogP contribution is -3.11. The molecule has 8 heterocycles. The first-order chi connectivity index (χ1) is 33.6. The van der Waals surface area contributed by atoms with Crippen LogP contribution >= 0.6 is 15.6 Å². The molecule has 4 aromatic rings. The van der Waals surface area contributed by atoms with E-state index in [1.54, 1.807) is 16.0 Å². The van der Waals surface area contributed by atoms with Gasteiger partial charge in [0, 0.05) is 12.7 Å². The van der Waals surface area contributed by atoms with Gasteiger partial charge in [0.2, 0.25) is 0 Å². The molecule has 4 N–H and O–H groups in total. The second-order valence-electron chi connectivity index (χ2n) is 19.5. The van der Waals surface area contributed by atoms with Gasteiger partial charge in [0.15, 0.2) is 38.1 Å². The Labute approximate surface area is 415 Å². The number of anilines is 1. The zero-order valence-corrected chi connectivity index (χ0v) is 45.7. The highest BCUT2D eigenvalue weighted by molar-refractivity contribution is 7.46. The van der Waals surface area contributed by atoms with E-state index in [1.807, 2.05) is 33.9 Å². The van der Waals surface area contributed by atoms with Gasteiger partial charge in [0.05, 0.1) is 77.3 Å². The molecule has 2 unspecified atom stereocenters. The topological polar surface area (TPSA) is 269 Å². The Kier molecular flexibility index (Phi) is 19.4. The van der Waals surface area contributed by atoms with Crippen molar-refractivity contribution in [2.75, 3.05) is 71.0 Å². The zero-order chi connectivity index (χ0) is 52.1. The van der Waals surface area contributed by atoms with Gasteiger partial charge in [-0.25, -0.2) is 24.3 Å². The van der Waals surface area contributed by atoms with E-state index >= 15 is 4.39 Å². The number of halogens is 1. The van der Waals surface area contributed by atoms with Crippen LogP contribution in [0.2, 0.25) is 18.1 Å². The van der Waals surface area contributed by atoms with Crippen LogP contribution in [0.3, 0.4) is 0 Å². The minimum atomic E-state index is -5.43. The van der Waals surface area contributed by atoms with Gasteiger partial charge in [0.25, 0.3) is 21.2 Å². The van der Waals surface area contributed by atoms with E-state index in [1.165, 1.54) is 67.4 Å². The molecular formula is C44H75FN10O13P2Si. The van der Waals surface area contributed by atoms with Crippen molar-refractivity contribution < 1.29 is 70.2 Å². The quantitative estimate of drug-likeness (QED) is 0.116. The van der Waals surface area contributed by atoms with Gasteiger partial charge in [-0.05, 0) is 78.1 Å². The third-order valence-electron chi connectivity index (χ3n) is 14.1.